The first kappa shape index (κ1) is 18.1. The van der Waals surface area contributed by atoms with Crippen molar-refractivity contribution in [3.8, 4) is 0 Å². The van der Waals surface area contributed by atoms with E-state index in [0.717, 1.165) is 0 Å². The van der Waals surface area contributed by atoms with Crippen molar-refractivity contribution >= 4 is 23.4 Å². The number of amides is 1. The number of nitro groups is 1. The molecule has 132 valence electrons. The Kier molecular flexibility index (Phi) is 5.48. The van der Waals surface area contributed by atoms with Gasteiger partial charge in [-0.1, -0.05) is 24.2 Å². The summed E-state index contributed by atoms with van der Waals surface area (Å²) in [7, 11) is 0. The van der Waals surface area contributed by atoms with Crippen LogP contribution in [0.3, 0.4) is 0 Å². The summed E-state index contributed by atoms with van der Waals surface area (Å²) in [6.07, 6.45) is -0.933. The van der Waals surface area contributed by atoms with Gasteiger partial charge in [-0.2, -0.15) is 0 Å². The van der Waals surface area contributed by atoms with Gasteiger partial charge in [-0.15, -0.1) is 0 Å². The zero-order valence-electron chi connectivity index (χ0n) is 13.9. The largest absolute Gasteiger partial charge is 0.448 e. The number of carbonyl (C=O) groups is 2. The number of esters is 1. The summed E-state index contributed by atoms with van der Waals surface area (Å²) in [5.41, 5.74) is -0.148. The van der Waals surface area contributed by atoms with Crippen LogP contribution in [0.1, 0.15) is 35.0 Å². The lowest BCUT2D eigenvalue weighted by atomic mass is 10.1. The molecule has 9 heteroatoms. The number of aromatic nitrogens is 1. The molecular formula is C16H17N3O6. The number of carbonyl (C=O) groups excluding carboxylic acids is 2. The van der Waals surface area contributed by atoms with Gasteiger partial charge in [-0.3, -0.25) is 14.9 Å². The van der Waals surface area contributed by atoms with E-state index in [1.807, 2.05) is 0 Å². The smallest absolute Gasteiger partial charge is 0.346 e. The first-order valence-corrected chi connectivity index (χ1v) is 7.52. The monoisotopic (exact) mass is 347 g/mol. The van der Waals surface area contributed by atoms with Crippen LogP contribution < -0.4 is 5.32 Å². The van der Waals surface area contributed by atoms with E-state index in [2.05, 4.69) is 10.5 Å². The highest BCUT2D eigenvalue weighted by atomic mass is 16.6. The summed E-state index contributed by atoms with van der Waals surface area (Å²) in [5.74, 6) is -0.821. The second kappa shape index (κ2) is 7.56. The lowest BCUT2D eigenvalue weighted by Crippen LogP contribution is -2.32. The molecule has 1 aromatic carbocycles. The highest BCUT2D eigenvalue weighted by molar-refractivity contribution is 5.99. The van der Waals surface area contributed by atoms with Gasteiger partial charge >= 0.3 is 5.97 Å². The fourth-order valence-corrected chi connectivity index (χ4v) is 2.21. The van der Waals surface area contributed by atoms with E-state index in [0.29, 0.717) is 11.3 Å². The summed E-state index contributed by atoms with van der Waals surface area (Å²) in [4.78, 5) is 35.0. The van der Waals surface area contributed by atoms with Gasteiger partial charge < -0.3 is 14.6 Å². The van der Waals surface area contributed by atoms with Crippen LogP contribution in [0.25, 0.3) is 0 Å². The SMILES string of the molecule is CCC(OC(=O)c1c(C)cccc1[N+](=O)[O-])C(=O)Nc1cc(C)on1. The minimum absolute atomic E-state index is 0.170. The number of benzene rings is 1. The van der Waals surface area contributed by atoms with E-state index < -0.39 is 22.9 Å². The van der Waals surface area contributed by atoms with Crippen LogP contribution >= 0.6 is 0 Å². The molecule has 0 aliphatic carbocycles. The lowest BCUT2D eigenvalue weighted by molar-refractivity contribution is -0.385. The lowest BCUT2D eigenvalue weighted by Gasteiger charge is -2.15. The first-order valence-electron chi connectivity index (χ1n) is 7.52. The Morgan fingerprint density at radius 3 is 2.68 bits per heavy atom. The number of nitrogens with one attached hydrogen (secondary N) is 1. The van der Waals surface area contributed by atoms with Crippen LogP contribution in [-0.2, 0) is 9.53 Å². The second-order valence-electron chi connectivity index (χ2n) is 5.34. The van der Waals surface area contributed by atoms with Gasteiger partial charge in [0.1, 0.15) is 11.3 Å². The molecule has 0 spiro atoms. The average Bonchev–Trinajstić information content (AvgIpc) is 2.96. The topological polar surface area (TPSA) is 125 Å². The van der Waals surface area contributed by atoms with Crippen LogP contribution in [0.5, 0.6) is 0 Å². The van der Waals surface area contributed by atoms with Crippen molar-refractivity contribution in [3.63, 3.8) is 0 Å². The van der Waals surface area contributed by atoms with Crippen molar-refractivity contribution in [2.75, 3.05) is 5.32 Å². The molecule has 1 heterocycles. The Hall–Kier alpha value is -3.23. The minimum atomic E-state index is -1.12. The maximum absolute atomic E-state index is 12.4. The normalized spacial score (nSPS) is 11.6. The van der Waals surface area contributed by atoms with Crippen LogP contribution in [0.2, 0.25) is 0 Å². The minimum Gasteiger partial charge on any atom is -0.448 e. The van der Waals surface area contributed by atoms with Crippen LogP contribution in [0, 0.1) is 24.0 Å². The fourth-order valence-electron chi connectivity index (χ4n) is 2.21. The number of nitro benzene ring substituents is 1. The fraction of sp³-hybridized carbons (Fsp3) is 0.312. The molecule has 0 aliphatic rings. The van der Waals surface area contributed by atoms with Crippen molar-refractivity contribution < 1.29 is 23.8 Å². The van der Waals surface area contributed by atoms with Crippen molar-refractivity contribution in [3.05, 3.63) is 51.3 Å². The number of aryl methyl sites for hydroxylation is 2. The summed E-state index contributed by atoms with van der Waals surface area (Å²) in [6.45, 7) is 4.87. The van der Waals surface area contributed by atoms with E-state index >= 15 is 0 Å². The van der Waals surface area contributed by atoms with Gasteiger partial charge in [0.25, 0.3) is 11.6 Å². The van der Waals surface area contributed by atoms with Crippen LogP contribution in [0.15, 0.2) is 28.8 Å². The number of rotatable bonds is 6. The Morgan fingerprint density at radius 2 is 2.12 bits per heavy atom. The molecule has 2 aromatic rings. The van der Waals surface area contributed by atoms with Crippen molar-refractivity contribution in [2.45, 2.75) is 33.3 Å². The third kappa shape index (κ3) is 4.19. The maximum Gasteiger partial charge on any atom is 0.346 e. The summed E-state index contributed by atoms with van der Waals surface area (Å²) in [6, 6.07) is 5.76. The van der Waals surface area contributed by atoms with Crippen LogP contribution in [0.4, 0.5) is 11.5 Å². The molecule has 0 fully saturated rings. The molecular weight excluding hydrogens is 330 g/mol. The quantitative estimate of drug-likeness (QED) is 0.484. The van der Waals surface area contributed by atoms with Crippen molar-refractivity contribution in [1.82, 2.24) is 5.16 Å². The molecule has 0 radical (unpaired) electrons. The maximum atomic E-state index is 12.4. The predicted octanol–water partition coefficient (Wildman–Crippen LogP) is 2.77. The Labute approximate surface area is 143 Å². The first-order chi connectivity index (χ1) is 11.8. The summed E-state index contributed by atoms with van der Waals surface area (Å²) < 4.78 is 10.0. The van der Waals surface area contributed by atoms with E-state index in [9.17, 15) is 19.7 Å². The third-order valence-electron chi connectivity index (χ3n) is 3.44. The summed E-state index contributed by atoms with van der Waals surface area (Å²) in [5, 5.41) is 17.2. The van der Waals surface area contributed by atoms with Gasteiger partial charge in [0.15, 0.2) is 11.9 Å². The van der Waals surface area contributed by atoms with Crippen LogP contribution in [-0.4, -0.2) is 28.1 Å². The van der Waals surface area contributed by atoms with Gasteiger partial charge in [0.05, 0.1) is 4.92 Å². The van der Waals surface area contributed by atoms with E-state index in [1.165, 1.54) is 18.2 Å². The summed E-state index contributed by atoms with van der Waals surface area (Å²) >= 11 is 0. The molecule has 1 N–H and O–H groups in total. The molecule has 25 heavy (non-hydrogen) atoms. The van der Waals surface area contributed by atoms with Gasteiger partial charge in [0.2, 0.25) is 0 Å². The number of hydrogen-bond acceptors (Lipinski definition) is 7. The molecule has 1 amide bonds. The number of hydrogen-bond donors (Lipinski definition) is 1. The van der Waals surface area contributed by atoms with Gasteiger partial charge in [-0.25, -0.2) is 4.79 Å². The molecule has 1 atom stereocenters. The van der Waals surface area contributed by atoms with E-state index in [-0.39, 0.29) is 23.5 Å². The Bertz CT molecular complexity index is 814. The molecule has 9 nitrogen and oxygen atoms in total. The highest BCUT2D eigenvalue weighted by Crippen LogP contribution is 2.23. The number of ether oxygens (including phenoxy) is 1. The highest BCUT2D eigenvalue weighted by Gasteiger charge is 2.28. The molecule has 0 bridgehead atoms. The zero-order chi connectivity index (χ0) is 18.6. The van der Waals surface area contributed by atoms with E-state index in [4.69, 9.17) is 9.26 Å². The average molecular weight is 347 g/mol. The van der Waals surface area contributed by atoms with Crippen molar-refractivity contribution in [2.24, 2.45) is 0 Å². The van der Waals surface area contributed by atoms with Gasteiger partial charge in [-0.05, 0) is 25.8 Å². The second-order valence-corrected chi connectivity index (χ2v) is 5.34. The number of nitrogens with zero attached hydrogens (tertiary/aromatic N) is 2. The predicted molar refractivity (Wildman–Crippen MR) is 87.2 cm³/mol. The Morgan fingerprint density at radius 1 is 1.40 bits per heavy atom. The zero-order valence-corrected chi connectivity index (χ0v) is 13.9. The third-order valence-corrected chi connectivity index (χ3v) is 3.44. The standard InChI is InChI=1S/C16H17N3O6/c1-4-12(15(20)17-13-8-10(3)25-18-13)24-16(21)14-9(2)6-5-7-11(14)19(22)23/h5-8,12H,4H2,1-3H3,(H,17,18,20). The molecule has 0 saturated heterocycles. The van der Waals surface area contributed by atoms with Gasteiger partial charge in [0, 0.05) is 12.1 Å². The van der Waals surface area contributed by atoms with Crippen molar-refractivity contribution in [1.29, 1.82) is 0 Å². The number of anilines is 1. The molecule has 1 aromatic heterocycles. The Balaban J connectivity index is 2.17. The molecule has 0 saturated carbocycles. The van der Waals surface area contributed by atoms with E-state index in [1.54, 1.807) is 26.8 Å². The molecule has 0 aliphatic heterocycles. The molecule has 1 unspecified atom stereocenters. The molecule has 2 rings (SSSR count).